The standard InChI is InChI=1S/C14H9N3O2/c18-13-11-3-1-2-4-12(11)14(19)17(13)16-9-10-5-7-15-8-6-10/h1-9H/b16-9-. The Kier molecular flexibility index (Phi) is 2.64. The quantitative estimate of drug-likeness (QED) is 0.603. The monoisotopic (exact) mass is 251 g/mol. The summed E-state index contributed by atoms with van der Waals surface area (Å²) in [4.78, 5) is 27.9. The maximum Gasteiger partial charge on any atom is 0.282 e. The number of rotatable bonds is 2. The molecule has 0 N–H and O–H groups in total. The van der Waals surface area contributed by atoms with Crippen LogP contribution in [-0.4, -0.2) is 28.0 Å². The summed E-state index contributed by atoms with van der Waals surface area (Å²) in [5.74, 6) is -0.795. The average Bonchev–Trinajstić information content (AvgIpc) is 2.71. The largest absolute Gasteiger partial charge is 0.282 e. The van der Waals surface area contributed by atoms with Gasteiger partial charge < -0.3 is 0 Å². The Morgan fingerprint density at radius 3 is 2.11 bits per heavy atom. The van der Waals surface area contributed by atoms with Crippen molar-refractivity contribution in [1.29, 1.82) is 0 Å². The lowest BCUT2D eigenvalue weighted by molar-refractivity contribution is 0.0660. The van der Waals surface area contributed by atoms with Gasteiger partial charge in [-0.3, -0.25) is 14.6 Å². The number of hydrogen-bond acceptors (Lipinski definition) is 4. The van der Waals surface area contributed by atoms with Gasteiger partial charge in [-0.1, -0.05) is 12.1 Å². The van der Waals surface area contributed by atoms with Crippen molar-refractivity contribution in [2.75, 3.05) is 0 Å². The zero-order valence-electron chi connectivity index (χ0n) is 9.85. The minimum absolute atomic E-state index is 0.388. The molecule has 19 heavy (non-hydrogen) atoms. The molecule has 0 atom stereocenters. The Labute approximate surface area is 109 Å². The predicted octanol–water partition coefficient (Wildman–Crippen LogP) is 1.71. The molecule has 0 radical (unpaired) electrons. The van der Waals surface area contributed by atoms with Gasteiger partial charge in [-0.25, -0.2) is 0 Å². The number of nitrogens with zero attached hydrogens (tertiary/aromatic N) is 3. The molecule has 0 spiro atoms. The molecular weight excluding hydrogens is 242 g/mol. The fourth-order valence-corrected chi connectivity index (χ4v) is 1.86. The third-order valence-corrected chi connectivity index (χ3v) is 2.80. The van der Waals surface area contributed by atoms with Crippen LogP contribution >= 0.6 is 0 Å². The van der Waals surface area contributed by atoms with E-state index in [0.29, 0.717) is 11.1 Å². The van der Waals surface area contributed by atoms with E-state index in [4.69, 9.17) is 0 Å². The second kappa shape index (κ2) is 4.45. The number of benzene rings is 1. The second-order valence-corrected chi connectivity index (χ2v) is 3.99. The topological polar surface area (TPSA) is 62.6 Å². The second-order valence-electron chi connectivity index (χ2n) is 3.99. The molecule has 2 amide bonds. The van der Waals surface area contributed by atoms with Gasteiger partial charge in [0.25, 0.3) is 11.8 Å². The molecule has 2 heterocycles. The molecule has 5 heteroatoms. The first-order valence-electron chi connectivity index (χ1n) is 5.69. The fourth-order valence-electron chi connectivity index (χ4n) is 1.86. The van der Waals surface area contributed by atoms with Crippen LogP contribution in [0, 0.1) is 0 Å². The van der Waals surface area contributed by atoms with Crippen LogP contribution in [0.4, 0.5) is 0 Å². The number of carbonyl (C=O) groups is 2. The van der Waals surface area contributed by atoms with Gasteiger partial charge in [-0.2, -0.15) is 10.1 Å². The van der Waals surface area contributed by atoms with E-state index in [0.717, 1.165) is 10.6 Å². The minimum atomic E-state index is -0.397. The smallest absolute Gasteiger partial charge is 0.267 e. The number of pyridine rings is 1. The number of hydrogen-bond donors (Lipinski definition) is 0. The normalized spacial score (nSPS) is 14.2. The summed E-state index contributed by atoms with van der Waals surface area (Å²) in [5, 5.41) is 4.83. The highest BCUT2D eigenvalue weighted by Gasteiger charge is 2.35. The highest BCUT2D eigenvalue weighted by molar-refractivity contribution is 6.21. The van der Waals surface area contributed by atoms with Crippen LogP contribution in [0.15, 0.2) is 53.9 Å². The van der Waals surface area contributed by atoms with Crippen molar-refractivity contribution in [2.45, 2.75) is 0 Å². The highest BCUT2D eigenvalue weighted by atomic mass is 16.2. The molecule has 0 fully saturated rings. The Hall–Kier alpha value is -2.82. The van der Waals surface area contributed by atoms with E-state index in [1.807, 2.05) is 0 Å². The summed E-state index contributed by atoms with van der Waals surface area (Å²) in [5.41, 5.74) is 1.55. The van der Waals surface area contributed by atoms with Crippen molar-refractivity contribution < 1.29 is 9.59 Å². The molecule has 1 aliphatic heterocycles. The zero-order valence-corrected chi connectivity index (χ0v) is 9.85. The first-order valence-corrected chi connectivity index (χ1v) is 5.69. The van der Waals surface area contributed by atoms with E-state index < -0.39 is 11.8 Å². The summed E-state index contributed by atoms with van der Waals surface area (Å²) in [6.45, 7) is 0. The van der Waals surface area contributed by atoms with Gasteiger partial charge in [0.05, 0.1) is 17.3 Å². The van der Waals surface area contributed by atoms with Crippen molar-refractivity contribution in [1.82, 2.24) is 9.99 Å². The molecule has 0 unspecified atom stereocenters. The van der Waals surface area contributed by atoms with Crippen molar-refractivity contribution in [3.05, 3.63) is 65.5 Å². The van der Waals surface area contributed by atoms with E-state index in [-0.39, 0.29) is 0 Å². The maximum atomic E-state index is 12.0. The van der Waals surface area contributed by atoms with Gasteiger partial charge in [0.15, 0.2) is 0 Å². The summed E-state index contributed by atoms with van der Waals surface area (Å²) < 4.78 is 0. The van der Waals surface area contributed by atoms with Crippen LogP contribution in [0.5, 0.6) is 0 Å². The Morgan fingerprint density at radius 2 is 1.53 bits per heavy atom. The van der Waals surface area contributed by atoms with Gasteiger partial charge in [-0.05, 0) is 29.8 Å². The van der Waals surface area contributed by atoms with Crippen LogP contribution in [-0.2, 0) is 0 Å². The molecule has 1 aliphatic rings. The molecule has 2 aromatic rings. The summed E-state index contributed by atoms with van der Waals surface area (Å²) in [6.07, 6.45) is 4.69. The molecule has 1 aromatic carbocycles. The third kappa shape index (κ3) is 1.91. The molecular formula is C14H9N3O2. The minimum Gasteiger partial charge on any atom is -0.267 e. The number of hydrazone groups is 1. The molecule has 0 saturated carbocycles. The lowest BCUT2D eigenvalue weighted by atomic mass is 10.1. The number of fused-ring (bicyclic) bond motifs is 1. The van der Waals surface area contributed by atoms with Gasteiger partial charge in [0.1, 0.15) is 0 Å². The zero-order chi connectivity index (χ0) is 13.2. The van der Waals surface area contributed by atoms with Crippen molar-refractivity contribution in [2.24, 2.45) is 5.10 Å². The van der Waals surface area contributed by atoms with Crippen LogP contribution < -0.4 is 0 Å². The van der Waals surface area contributed by atoms with Gasteiger partial charge in [-0.15, -0.1) is 0 Å². The van der Waals surface area contributed by atoms with Crippen LogP contribution in [0.25, 0.3) is 0 Å². The van der Waals surface area contributed by atoms with Crippen LogP contribution in [0.1, 0.15) is 26.3 Å². The lowest BCUT2D eigenvalue weighted by Crippen LogP contribution is -2.23. The summed E-state index contributed by atoms with van der Waals surface area (Å²) in [7, 11) is 0. The number of carbonyl (C=O) groups excluding carboxylic acids is 2. The van der Waals surface area contributed by atoms with E-state index in [1.54, 1.807) is 48.8 Å². The first kappa shape index (κ1) is 11.3. The summed E-state index contributed by atoms with van der Waals surface area (Å²) in [6, 6.07) is 10.2. The third-order valence-electron chi connectivity index (χ3n) is 2.80. The number of aromatic nitrogens is 1. The van der Waals surface area contributed by atoms with Gasteiger partial charge in [0.2, 0.25) is 0 Å². The van der Waals surface area contributed by atoms with E-state index in [2.05, 4.69) is 10.1 Å². The SMILES string of the molecule is O=C1c2ccccc2C(=O)N1/N=C\c1ccncc1. The molecule has 0 aliphatic carbocycles. The highest BCUT2D eigenvalue weighted by Crippen LogP contribution is 2.22. The fraction of sp³-hybridized carbons (Fsp3) is 0. The van der Waals surface area contributed by atoms with E-state index in [1.165, 1.54) is 6.21 Å². The Bertz CT molecular complexity index is 645. The van der Waals surface area contributed by atoms with Gasteiger partial charge in [0, 0.05) is 12.4 Å². The van der Waals surface area contributed by atoms with Crippen LogP contribution in [0.3, 0.4) is 0 Å². The Balaban J connectivity index is 1.91. The van der Waals surface area contributed by atoms with Crippen molar-refractivity contribution in [3.8, 4) is 0 Å². The molecule has 0 saturated heterocycles. The van der Waals surface area contributed by atoms with Crippen molar-refractivity contribution in [3.63, 3.8) is 0 Å². The van der Waals surface area contributed by atoms with Crippen LogP contribution in [0.2, 0.25) is 0 Å². The number of imide groups is 1. The molecule has 92 valence electrons. The lowest BCUT2D eigenvalue weighted by Gasteiger charge is -2.05. The van der Waals surface area contributed by atoms with E-state index >= 15 is 0 Å². The number of amides is 2. The summed E-state index contributed by atoms with van der Waals surface area (Å²) >= 11 is 0. The Morgan fingerprint density at radius 1 is 0.947 bits per heavy atom. The first-order chi connectivity index (χ1) is 9.27. The molecule has 3 rings (SSSR count). The average molecular weight is 251 g/mol. The molecule has 5 nitrogen and oxygen atoms in total. The maximum absolute atomic E-state index is 12.0. The van der Waals surface area contributed by atoms with Crippen molar-refractivity contribution >= 4 is 18.0 Å². The molecule has 1 aromatic heterocycles. The van der Waals surface area contributed by atoms with E-state index in [9.17, 15) is 9.59 Å². The predicted molar refractivity (Wildman–Crippen MR) is 68.8 cm³/mol. The van der Waals surface area contributed by atoms with Gasteiger partial charge >= 0.3 is 0 Å². The molecule has 0 bridgehead atoms.